The van der Waals surface area contributed by atoms with Gasteiger partial charge in [-0.05, 0) is 24.6 Å². The summed E-state index contributed by atoms with van der Waals surface area (Å²) in [5.74, 6) is -0.152. The number of rotatable bonds is 4. The van der Waals surface area contributed by atoms with E-state index in [9.17, 15) is 9.59 Å². The Balaban J connectivity index is 2.10. The predicted molar refractivity (Wildman–Crippen MR) is 107 cm³/mol. The summed E-state index contributed by atoms with van der Waals surface area (Å²) in [5.41, 5.74) is 5.15. The smallest absolute Gasteiger partial charge is 0.195 e. The summed E-state index contributed by atoms with van der Waals surface area (Å²) in [7, 11) is 0. The molecule has 0 radical (unpaired) electrons. The highest BCUT2D eigenvalue weighted by molar-refractivity contribution is 6.20. The van der Waals surface area contributed by atoms with Crippen molar-refractivity contribution in [3.63, 3.8) is 0 Å². The Morgan fingerprint density at radius 1 is 0.815 bits per heavy atom. The van der Waals surface area contributed by atoms with Crippen LogP contribution >= 0.6 is 0 Å². The largest absolute Gasteiger partial charge is 0.313 e. The Bertz CT molecular complexity index is 1150. The minimum Gasteiger partial charge on any atom is -0.313 e. The fraction of sp³-hybridized carbons (Fsp3) is 0.0833. The molecule has 2 aromatic heterocycles. The van der Waals surface area contributed by atoms with Gasteiger partial charge in [-0.2, -0.15) is 0 Å². The van der Waals surface area contributed by atoms with Crippen molar-refractivity contribution >= 4 is 17.1 Å². The molecule has 0 fully saturated rings. The number of benzene rings is 2. The van der Waals surface area contributed by atoms with Crippen LogP contribution in [0.25, 0.3) is 16.6 Å². The number of pyridine rings is 1. The van der Waals surface area contributed by atoms with Gasteiger partial charge in [-0.1, -0.05) is 66.2 Å². The molecular weight excluding hydrogens is 334 g/mol. The minimum absolute atomic E-state index is 0.0705. The molecule has 3 heteroatoms. The maximum atomic E-state index is 13.4. The molecular formula is C24H19NO2. The van der Waals surface area contributed by atoms with E-state index < -0.39 is 0 Å². The van der Waals surface area contributed by atoms with Gasteiger partial charge in [-0.3, -0.25) is 9.59 Å². The predicted octanol–water partition coefficient (Wildman–Crippen LogP) is 5.35. The highest BCUT2D eigenvalue weighted by atomic mass is 16.1. The van der Waals surface area contributed by atoms with E-state index in [2.05, 4.69) is 0 Å². The zero-order valence-corrected chi connectivity index (χ0v) is 15.3. The Morgan fingerprint density at radius 2 is 1.48 bits per heavy atom. The molecule has 4 rings (SSSR count). The monoisotopic (exact) mass is 353 g/mol. The van der Waals surface area contributed by atoms with Crippen LogP contribution < -0.4 is 0 Å². The lowest BCUT2D eigenvalue weighted by Gasteiger charge is -2.07. The first-order valence-corrected chi connectivity index (χ1v) is 8.88. The van der Waals surface area contributed by atoms with Crippen LogP contribution in [-0.2, 0) is 0 Å². The standard InChI is InChI=1S/C24H19NO2/c1-16-11-13-18(14-12-16)21-22(24(27)19-8-4-3-5-9-19)20-10-6-7-15-25(20)23(21)17(2)26/h3-15H,1-2H3. The third-order valence-electron chi connectivity index (χ3n) is 4.78. The van der Waals surface area contributed by atoms with Gasteiger partial charge in [-0.25, -0.2) is 0 Å². The zero-order valence-electron chi connectivity index (χ0n) is 15.3. The topological polar surface area (TPSA) is 38.5 Å². The molecule has 132 valence electrons. The number of aryl methyl sites for hydroxylation is 1. The van der Waals surface area contributed by atoms with E-state index in [1.165, 1.54) is 0 Å². The number of hydrogen-bond acceptors (Lipinski definition) is 2. The van der Waals surface area contributed by atoms with Gasteiger partial charge < -0.3 is 4.40 Å². The SMILES string of the molecule is CC(=O)c1c(-c2ccc(C)cc2)c(C(=O)c2ccccc2)c2ccccn12. The molecule has 0 spiro atoms. The number of nitrogens with zero attached hydrogens (tertiary/aromatic N) is 1. The van der Waals surface area contributed by atoms with E-state index in [1.807, 2.05) is 78.2 Å². The van der Waals surface area contributed by atoms with Crippen LogP contribution in [0.2, 0.25) is 0 Å². The molecule has 2 heterocycles. The van der Waals surface area contributed by atoms with Gasteiger partial charge in [0.1, 0.15) is 0 Å². The molecule has 0 aliphatic carbocycles. The van der Waals surface area contributed by atoms with Gasteiger partial charge >= 0.3 is 0 Å². The second-order valence-electron chi connectivity index (χ2n) is 6.67. The molecule has 2 aromatic carbocycles. The number of ketones is 2. The molecule has 4 aromatic rings. The van der Waals surface area contributed by atoms with Crippen LogP contribution in [0, 0.1) is 6.92 Å². The molecule has 0 atom stereocenters. The summed E-state index contributed by atoms with van der Waals surface area (Å²) < 4.78 is 1.83. The Labute approximate surface area is 157 Å². The van der Waals surface area contributed by atoms with E-state index in [-0.39, 0.29) is 11.6 Å². The third kappa shape index (κ3) is 2.87. The fourth-order valence-corrected chi connectivity index (χ4v) is 3.52. The van der Waals surface area contributed by atoms with E-state index in [0.29, 0.717) is 22.4 Å². The number of fused-ring (bicyclic) bond motifs is 1. The van der Waals surface area contributed by atoms with E-state index >= 15 is 0 Å². The van der Waals surface area contributed by atoms with Crippen molar-refractivity contribution in [3.05, 3.63) is 101 Å². The van der Waals surface area contributed by atoms with E-state index in [1.54, 1.807) is 19.1 Å². The lowest BCUT2D eigenvalue weighted by atomic mass is 9.93. The lowest BCUT2D eigenvalue weighted by Crippen LogP contribution is -2.03. The van der Waals surface area contributed by atoms with Crippen LogP contribution in [0.5, 0.6) is 0 Å². The molecule has 0 aliphatic rings. The molecule has 0 bridgehead atoms. The molecule has 0 amide bonds. The third-order valence-corrected chi connectivity index (χ3v) is 4.78. The van der Waals surface area contributed by atoms with Crippen LogP contribution in [0.15, 0.2) is 79.0 Å². The van der Waals surface area contributed by atoms with Crippen molar-refractivity contribution in [2.45, 2.75) is 13.8 Å². The van der Waals surface area contributed by atoms with Gasteiger partial charge in [0.25, 0.3) is 0 Å². The number of carbonyl (C=O) groups is 2. The van der Waals surface area contributed by atoms with Crippen LogP contribution in [0.3, 0.4) is 0 Å². The van der Waals surface area contributed by atoms with E-state index in [4.69, 9.17) is 0 Å². The van der Waals surface area contributed by atoms with Crippen LogP contribution in [-0.4, -0.2) is 16.0 Å². The van der Waals surface area contributed by atoms with Gasteiger partial charge in [0, 0.05) is 24.2 Å². The normalized spacial score (nSPS) is 10.9. The Kier molecular flexibility index (Phi) is 4.21. The molecule has 0 N–H and O–H groups in total. The van der Waals surface area contributed by atoms with Gasteiger partial charge in [-0.15, -0.1) is 0 Å². The molecule has 0 unspecified atom stereocenters. The first-order chi connectivity index (χ1) is 13.1. The first-order valence-electron chi connectivity index (χ1n) is 8.88. The summed E-state index contributed by atoms with van der Waals surface area (Å²) >= 11 is 0. The van der Waals surface area contributed by atoms with Gasteiger partial charge in [0.05, 0.1) is 16.8 Å². The number of Topliss-reactive ketones (excluding diaryl/α,β-unsaturated/α-hetero) is 1. The van der Waals surface area contributed by atoms with Crippen molar-refractivity contribution in [1.29, 1.82) is 0 Å². The van der Waals surface area contributed by atoms with Crippen molar-refractivity contribution in [3.8, 4) is 11.1 Å². The lowest BCUT2D eigenvalue weighted by molar-refractivity contribution is 0.101. The summed E-state index contributed by atoms with van der Waals surface area (Å²) in [6, 6.07) is 22.8. The molecule has 0 saturated heterocycles. The quantitative estimate of drug-likeness (QED) is 0.464. The van der Waals surface area contributed by atoms with E-state index in [0.717, 1.165) is 16.6 Å². The number of carbonyl (C=O) groups excluding carboxylic acids is 2. The van der Waals surface area contributed by atoms with Crippen molar-refractivity contribution in [2.75, 3.05) is 0 Å². The minimum atomic E-state index is -0.0811. The highest BCUT2D eigenvalue weighted by Crippen LogP contribution is 2.35. The van der Waals surface area contributed by atoms with Crippen LogP contribution in [0.4, 0.5) is 0 Å². The van der Waals surface area contributed by atoms with Gasteiger partial charge in [0.15, 0.2) is 11.6 Å². The zero-order chi connectivity index (χ0) is 19.0. The summed E-state index contributed by atoms with van der Waals surface area (Å²) in [6.07, 6.45) is 1.84. The number of aromatic nitrogens is 1. The fourth-order valence-electron chi connectivity index (χ4n) is 3.52. The van der Waals surface area contributed by atoms with Crippen molar-refractivity contribution < 1.29 is 9.59 Å². The summed E-state index contributed by atoms with van der Waals surface area (Å²) in [6.45, 7) is 3.56. The first kappa shape index (κ1) is 17.0. The van der Waals surface area contributed by atoms with Crippen molar-refractivity contribution in [1.82, 2.24) is 4.40 Å². The Hall–Kier alpha value is -3.46. The summed E-state index contributed by atoms with van der Waals surface area (Å²) in [5, 5.41) is 0. The maximum absolute atomic E-state index is 13.4. The Morgan fingerprint density at radius 3 is 2.15 bits per heavy atom. The molecule has 27 heavy (non-hydrogen) atoms. The maximum Gasteiger partial charge on any atom is 0.195 e. The average Bonchev–Trinajstić information content (AvgIpc) is 3.04. The van der Waals surface area contributed by atoms with Crippen molar-refractivity contribution in [2.24, 2.45) is 0 Å². The number of hydrogen-bond donors (Lipinski definition) is 0. The average molecular weight is 353 g/mol. The second-order valence-corrected chi connectivity index (χ2v) is 6.67. The summed E-state index contributed by atoms with van der Waals surface area (Å²) in [4.78, 5) is 26.0. The molecule has 0 saturated carbocycles. The highest BCUT2D eigenvalue weighted by Gasteiger charge is 2.26. The van der Waals surface area contributed by atoms with Gasteiger partial charge in [0.2, 0.25) is 0 Å². The van der Waals surface area contributed by atoms with Crippen LogP contribution in [0.1, 0.15) is 38.9 Å². The second kappa shape index (κ2) is 6.69. The molecule has 3 nitrogen and oxygen atoms in total. The molecule has 0 aliphatic heterocycles.